The van der Waals surface area contributed by atoms with Gasteiger partial charge in [-0.2, -0.15) is 0 Å². The van der Waals surface area contributed by atoms with Crippen molar-refractivity contribution in [3.05, 3.63) is 18.2 Å². The molecule has 0 spiro atoms. The second-order valence-corrected chi connectivity index (χ2v) is 4.41. The molecule has 1 fully saturated rings. The van der Waals surface area contributed by atoms with Crippen LogP contribution in [0.2, 0.25) is 0 Å². The summed E-state index contributed by atoms with van der Waals surface area (Å²) in [5.74, 6) is 1.66. The van der Waals surface area contributed by atoms with Crippen LogP contribution in [0.25, 0.3) is 0 Å². The van der Waals surface area contributed by atoms with Crippen molar-refractivity contribution in [1.82, 2.24) is 0 Å². The van der Waals surface area contributed by atoms with E-state index < -0.39 is 0 Å². The van der Waals surface area contributed by atoms with Crippen molar-refractivity contribution in [2.45, 2.75) is 19.8 Å². The summed E-state index contributed by atoms with van der Waals surface area (Å²) in [6.07, 6.45) is 2.76. The van der Waals surface area contributed by atoms with Gasteiger partial charge in [0.15, 0.2) is 0 Å². The summed E-state index contributed by atoms with van der Waals surface area (Å²) in [4.78, 5) is 2.39. The highest BCUT2D eigenvalue weighted by Crippen LogP contribution is 2.33. The van der Waals surface area contributed by atoms with Crippen molar-refractivity contribution < 1.29 is 4.74 Å². The molecule has 0 radical (unpaired) electrons. The van der Waals surface area contributed by atoms with Crippen LogP contribution in [0.3, 0.4) is 0 Å². The molecule has 1 aromatic carbocycles. The smallest absolute Gasteiger partial charge is 0.143 e. The lowest BCUT2D eigenvalue weighted by atomic mass is 10.2. The molecule has 2 N–H and O–H groups in total. The van der Waals surface area contributed by atoms with Crippen molar-refractivity contribution in [2.75, 3.05) is 30.8 Å². The van der Waals surface area contributed by atoms with Crippen LogP contribution in [-0.2, 0) is 0 Å². The monoisotopic (exact) mass is 220 g/mol. The number of hydrogen-bond acceptors (Lipinski definition) is 3. The lowest BCUT2D eigenvalue weighted by molar-refractivity contribution is 0.417. The van der Waals surface area contributed by atoms with Gasteiger partial charge in [-0.25, -0.2) is 0 Å². The molecule has 3 nitrogen and oxygen atoms in total. The molecule has 0 bridgehead atoms. The molecule has 0 aromatic heterocycles. The number of ether oxygens (including phenoxy) is 1. The first kappa shape index (κ1) is 11.1. The van der Waals surface area contributed by atoms with Gasteiger partial charge in [-0.05, 0) is 37.8 Å². The molecule has 2 rings (SSSR count). The molecule has 0 unspecified atom stereocenters. The highest BCUT2D eigenvalue weighted by Gasteiger charge is 2.24. The first-order valence-electron chi connectivity index (χ1n) is 5.93. The number of anilines is 2. The van der Waals surface area contributed by atoms with Crippen LogP contribution in [0.1, 0.15) is 19.8 Å². The topological polar surface area (TPSA) is 38.5 Å². The molecule has 0 aliphatic heterocycles. The van der Waals surface area contributed by atoms with E-state index in [4.69, 9.17) is 10.5 Å². The zero-order valence-corrected chi connectivity index (χ0v) is 10.1. The Labute approximate surface area is 97.2 Å². The molecule has 1 saturated carbocycles. The summed E-state index contributed by atoms with van der Waals surface area (Å²) in [5.41, 5.74) is 7.72. The summed E-state index contributed by atoms with van der Waals surface area (Å²) in [6, 6.07) is 6.02. The van der Waals surface area contributed by atoms with Gasteiger partial charge in [0.05, 0.1) is 12.8 Å². The Morgan fingerprint density at radius 1 is 1.44 bits per heavy atom. The van der Waals surface area contributed by atoms with Crippen LogP contribution >= 0.6 is 0 Å². The second-order valence-electron chi connectivity index (χ2n) is 4.41. The second kappa shape index (κ2) is 4.64. The number of nitrogens with zero attached hydrogens (tertiary/aromatic N) is 1. The molecule has 3 heteroatoms. The molecule has 0 heterocycles. The first-order chi connectivity index (χ1) is 7.74. The highest BCUT2D eigenvalue weighted by molar-refractivity contribution is 5.62. The molecule has 0 amide bonds. The number of nitrogen functional groups attached to an aromatic ring is 1. The molecule has 0 saturated heterocycles. The van der Waals surface area contributed by atoms with E-state index in [2.05, 4.69) is 17.9 Å². The van der Waals surface area contributed by atoms with Crippen LogP contribution in [0, 0.1) is 5.92 Å². The summed E-state index contributed by atoms with van der Waals surface area (Å²) < 4.78 is 5.25. The highest BCUT2D eigenvalue weighted by atomic mass is 16.5. The molecule has 1 aromatic rings. The van der Waals surface area contributed by atoms with Crippen LogP contribution in [-0.4, -0.2) is 20.2 Å². The zero-order valence-electron chi connectivity index (χ0n) is 10.1. The van der Waals surface area contributed by atoms with Crippen molar-refractivity contribution in [1.29, 1.82) is 0 Å². The molecular weight excluding hydrogens is 200 g/mol. The largest absolute Gasteiger partial charge is 0.495 e. The van der Waals surface area contributed by atoms with Gasteiger partial charge in [-0.15, -0.1) is 0 Å². The Morgan fingerprint density at radius 2 is 2.19 bits per heavy atom. The fraction of sp³-hybridized carbons (Fsp3) is 0.538. The molecule has 0 atom stereocenters. The van der Waals surface area contributed by atoms with Gasteiger partial charge in [0.2, 0.25) is 0 Å². The predicted octanol–water partition coefficient (Wildman–Crippen LogP) is 2.51. The summed E-state index contributed by atoms with van der Waals surface area (Å²) in [5, 5.41) is 0. The quantitative estimate of drug-likeness (QED) is 0.775. The van der Waals surface area contributed by atoms with Crippen LogP contribution < -0.4 is 15.4 Å². The van der Waals surface area contributed by atoms with E-state index in [1.165, 1.54) is 18.5 Å². The van der Waals surface area contributed by atoms with E-state index in [1.807, 2.05) is 12.1 Å². The van der Waals surface area contributed by atoms with E-state index in [0.717, 1.165) is 24.8 Å². The summed E-state index contributed by atoms with van der Waals surface area (Å²) in [7, 11) is 1.66. The lowest BCUT2D eigenvalue weighted by Gasteiger charge is -2.23. The SMILES string of the molecule is CCN(CC1CC1)c1ccc(N)c(OC)c1. The van der Waals surface area contributed by atoms with Crippen LogP contribution in [0.5, 0.6) is 5.75 Å². The Hall–Kier alpha value is -1.38. The minimum absolute atomic E-state index is 0.703. The van der Waals surface area contributed by atoms with Gasteiger partial charge >= 0.3 is 0 Å². The Kier molecular flexibility index (Phi) is 3.22. The third-order valence-corrected chi connectivity index (χ3v) is 3.14. The van der Waals surface area contributed by atoms with Gasteiger partial charge in [-0.1, -0.05) is 0 Å². The number of rotatable bonds is 5. The summed E-state index contributed by atoms with van der Waals surface area (Å²) in [6.45, 7) is 4.37. The third kappa shape index (κ3) is 2.40. The van der Waals surface area contributed by atoms with Gasteiger partial charge in [0, 0.05) is 24.8 Å². The third-order valence-electron chi connectivity index (χ3n) is 3.14. The zero-order chi connectivity index (χ0) is 11.5. The van der Waals surface area contributed by atoms with Crippen molar-refractivity contribution in [3.63, 3.8) is 0 Å². The van der Waals surface area contributed by atoms with E-state index in [0.29, 0.717) is 5.69 Å². The average molecular weight is 220 g/mol. The maximum absolute atomic E-state index is 5.81. The van der Waals surface area contributed by atoms with Crippen molar-refractivity contribution in [2.24, 2.45) is 5.92 Å². The minimum atomic E-state index is 0.703. The van der Waals surface area contributed by atoms with Crippen LogP contribution in [0.15, 0.2) is 18.2 Å². The first-order valence-corrected chi connectivity index (χ1v) is 5.93. The standard InChI is InChI=1S/C13H20N2O/c1-3-15(9-10-4-5-10)11-6-7-12(14)13(8-11)16-2/h6-8,10H,3-5,9,14H2,1-2H3. The van der Waals surface area contributed by atoms with E-state index in [1.54, 1.807) is 7.11 Å². The normalized spacial score (nSPS) is 14.9. The van der Waals surface area contributed by atoms with Gasteiger partial charge in [0.25, 0.3) is 0 Å². The fourth-order valence-corrected chi connectivity index (χ4v) is 1.93. The average Bonchev–Trinajstić information content (AvgIpc) is 3.11. The number of nitrogens with two attached hydrogens (primary N) is 1. The van der Waals surface area contributed by atoms with Gasteiger partial charge in [-0.3, -0.25) is 0 Å². The number of hydrogen-bond donors (Lipinski definition) is 1. The van der Waals surface area contributed by atoms with Gasteiger partial charge < -0.3 is 15.4 Å². The maximum Gasteiger partial charge on any atom is 0.143 e. The fourth-order valence-electron chi connectivity index (χ4n) is 1.93. The van der Waals surface area contributed by atoms with Crippen molar-refractivity contribution >= 4 is 11.4 Å². The van der Waals surface area contributed by atoms with E-state index in [-0.39, 0.29) is 0 Å². The number of methoxy groups -OCH3 is 1. The molecule has 1 aliphatic carbocycles. The van der Waals surface area contributed by atoms with Crippen LogP contribution in [0.4, 0.5) is 11.4 Å². The Balaban J connectivity index is 2.16. The Morgan fingerprint density at radius 3 is 2.75 bits per heavy atom. The Bertz CT molecular complexity index is 361. The molecule has 88 valence electrons. The van der Waals surface area contributed by atoms with E-state index >= 15 is 0 Å². The molecular formula is C13H20N2O. The van der Waals surface area contributed by atoms with E-state index in [9.17, 15) is 0 Å². The summed E-state index contributed by atoms with van der Waals surface area (Å²) >= 11 is 0. The van der Waals surface area contributed by atoms with Gasteiger partial charge in [0.1, 0.15) is 5.75 Å². The molecule has 16 heavy (non-hydrogen) atoms. The number of benzene rings is 1. The van der Waals surface area contributed by atoms with Crippen molar-refractivity contribution in [3.8, 4) is 5.75 Å². The molecule has 1 aliphatic rings. The minimum Gasteiger partial charge on any atom is -0.495 e. The predicted molar refractivity (Wildman–Crippen MR) is 68.0 cm³/mol. The maximum atomic E-state index is 5.81. The lowest BCUT2D eigenvalue weighted by Crippen LogP contribution is -2.25.